The number of hydrogen-bond donors (Lipinski definition) is 2. The average Bonchev–Trinajstić information content (AvgIpc) is 2.42. The summed E-state index contributed by atoms with van der Waals surface area (Å²) in [6, 6.07) is 7.55. The Morgan fingerprint density at radius 3 is 2.75 bits per heavy atom. The molecule has 20 heavy (non-hydrogen) atoms. The molecule has 0 heterocycles. The molecule has 112 valence electrons. The number of ether oxygens (including phenoxy) is 1. The van der Waals surface area contributed by atoms with Gasteiger partial charge < -0.3 is 19.8 Å². The SMILES string of the molecule is COc1cccc([C@@]2(O)C[C@H](O)CC[C@H]2CN(C)C)c1. The predicted molar refractivity (Wildman–Crippen MR) is 78.8 cm³/mol. The number of methoxy groups -OCH3 is 1. The molecule has 0 radical (unpaired) electrons. The van der Waals surface area contributed by atoms with Crippen LogP contribution in [0.3, 0.4) is 0 Å². The molecular formula is C16H25NO3. The van der Waals surface area contributed by atoms with E-state index >= 15 is 0 Å². The second-order valence-corrected chi connectivity index (χ2v) is 6.05. The van der Waals surface area contributed by atoms with Crippen molar-refractivity contribution in [2.24, 2.45) is 5.92 Å². The monoisotopic (exact) mass is 279 g/mol. The molecule has 0 unspecified atom stereocenters. The maximum absolute atomic E-state index is 11.2. The molecule has 4 nitrogen and oxygen atoms in total. The van der Waals surface area contributed by atoms with Crippen LogP contribution in [-0.4, -0.2) is 49.0 Å². The van der Waals surface area contributed by atoms with Crippen LogP contribution >= 0.6 is 0 Å². The Balaban J connectivity index is 2.34. The predicted octanol–water partition coefficient (Wildman–Crippen LogP) is 1.61. The van der Waals surface area contributed by atoms with E-state index in [4.69, 9.17) is 4.74 Å². The molecule has 0 bridgehead atoms. The standard InChI is InChI=1S/C16H25NO3/c1-17(2)11-13-7-8-14(18)10-16(13,19)12-5-4-6-15(9-12)20-3/h4-6,9,13-14,18-19H,7-8,10-11H2,1-3H3/t13-,14+,16-/m0/s1. The van der Waals surface area contributed by atoms with Crippen LogP contribution in [0.25, 0.3) is 0 Å². The highest BCUT2D eigenvalue weighted by Gasteiger charge is 2.43. The lowest BCUT2D eigenvalue weighted by molar-refractivity contribution is -0.0992. The van der Waals surface area contributed by atoms with Crippen molar-refractivity contribution in [2.45, 2.75) is 31.0 Å². The first-order valence-electron chi connectivity index (χ1n) is 7.15. The van der Waals surface area contributed by atoms with Crippen LogP contribution in [-0.2, 0) is 5.60 Å². The van der Waals surface area contributed by atoms with Gasteiger partial charge in [0, 0.05) is 18.9 Å². The molecule has 1 aromatic carbocycles. The van der Waals surface area contributed by atoms with Crippen LogP contribution < -0.4 is 4.74 Å². The van der Waals surface area contributed by atoms with Gasteiger partial charge in [-0.3, -0.25) is 0 Å². The number of rotatable bonds is 4. The van der Waals surface area contributed by atoms with Crippen molar-refractivity contribution in [3.8, 4) is 5.75 Å². The molecular weight excluding hydrogens is 254 g/mol. The molecule has 0 saturated heterocycles. The van der Waals surface area contributed by atoms with E-state index in [0.29, 0.717) is 6.42 Å². The summed E-state index contributed by atoms with van der Waals surface area (Å²) < 4.78 is 5.25. The van der Waals surface area contributed by atoms with Crippen molar-refractivity contribution in [1.29, 1.82) is 0 Å². The third-order valence-electron chi connectivity index (χ3n) is 4.23. The minimum absolute atomic E-state index is 0.119. The molecule has 4 heteroatoms. The molecule has 2 rings (SSSR count). The summed E-state index contributed by atoms with van der Waals surface area (Å²) in [5, 5.41) is 21.2. The molecule has 1 aromatic rings. The quantitative estimate of drug-likeness (QED) is 0.879. The van der Waals surface area contributed by atoms with Crippen LogP contribution in [0.4, 0.5) is 0 Å². The second-order valence-electron chi connectivity index (χ2n) is 6.05. The Morgan fingerprint density at radius 2 is 2.10 bits per heavy atom. The van der Waals surface area contributed by atoms with E-state index in [-0.39, 0.29) is 5.92 Å². The normalized spacial score (nSPS) is 30.5. The maximum Gasteiger partial charge on any atom is 0.119 e. The van der Waals surface area contributed by atoms with Gasteiger partial charge in [0.25, 0.3) is 0 Å². The van der Waals surface area contributed by atoms with Gasteiger partial charge in [-0.05, 0) is 44.6 Å². The lowest BCUT2D eigenvalue weighted by Gasteiger charge is -2.43. The molecule has 1 fully saturated rings. The van der Waals surface area contributed by atoms with Crippen LogP contribution in [0.5, 0.6) is 5.75 Å². The summed E-state index contributed by atoms with van der Waals surface area (Å²) in [6.45, 7) is 0.806. The topological polar surface area (TPSA) is 52.9 Å². The highest BCUT2D eigenvalue weighted by Crippen LogP contribution is 2.42. The molecule has 0 spiro atoms. The van der Waals surface area contributed by atoms with E-state index in [9.17, 15) is 10.2 Å². The molecule has 1 aliphatic rings. The summed E-state index contributed by atoms with van der Waals surface area (Å²) in [5.41, 5.74) is -0.154. The van der Waals surface area contributed by atoms with Gasteiger partial charge in [-0.15, -0.1) is 0 Å². The summed E-state index contributed by atoms with van der Waals surface area (Å²) in [5.74, 6) is 0.854. The lowest BCUT2D eigenvalue weighted by Crippen LogP contribution is -2.46. The van der Waals surface area contributed by atoms with Gasteiger partial charge in [-0.1, -0.05) is 12.1 Å². The van der Waals surface area contributed by atoms with Crippen molar-refractivity contribution < 1.29 is 14.9 Å². The molecule has 1 aliphatic carbocycles. The molecule has 0 aliphatic heterocycles. The van der Waals surface area contributed by atoms with Gasteiger partial charge >= 0.3 is 0 Å². The fraction of sp³-hybridized carbons (Fsp3) is 0.625. The van der Waals surface area contributed by atoms with Crippen molar-refractivity contribution in [3.05, 3.63) is 29.8 Å². The van der Waals surface area contributed by atoms with Crippen LogP contribution in [0.15, 0.2) is 24.3 Å². The van der Waals surface area contributed by atoms with Crippen molar-refractivity contribution in [2.75, 3.05) is 27.7 Å². The van der Waals surface area contributed by atoms with Gasteiger partial charge in [-0.25, -0.2) is 0 Å². The summed E-state index contributed by atoms with van der Waals surface area (Å²) in [6.07, 6.45) is 1.53. The highest BCUT2D eigenvalue weighted by atomic mass is 16.5. The maximum atomic E-state index is 11.2. The first-order chi connectivity index (χ1) is 9.45. The van der Waals surface area contributed by atoms with Crippen LogP contribution in [0, 0.1) is 5.92 Å². The van der Waals surface area contributed by atoms with Crippen molar-refractivity contribution in [3.63, 3.8) is 0 Å². The Kier molecular flexibility index (Phi) is 4.68. The van der Waals surface area contributed by atoms with E-state index < -0.39 is 11.7 Å². The van der Waals surface area contributed by atoms with E-state index in [1.807, 2.05) is 38.4 Å². The molecule has 1 saturated carbocycles. The Bertz CT molecular complexity index is 449. The smallest absolute Gasteiger partial charge is 0.119 e. The number of benzene rings is 1. The zero-order valence-electron chi connectivity index (χ0n) is 12.5. The third kappa shape index (κ3) is 3.14. The zero-order chi connectivity index (χ0) is 14.8. The Morgan fingerprint density at radius 1 is 1.35 bits per heavy atom. The average molecular weight is 279 g/mol. The second kappa shape index (κ2) is 6.12. The van der Waals surface area contributed by atoms with E-state index in [0.717, 1.165) is 30.7 Å². The summed E-state index contributed by atoms with van der Waals surface area (Å²) >= 11 is 0. The first kappa shape index (κ1) is 15.3. The summed E-state index contributed by atoms with van der Waals surface area (Å²) in [4.78, 5) is 2.09. The third-order valence-corrected chi connectivity index (χ3v) is 4.23. The van der Waals surface area contributed by atoms with Gasteiger partial charge in [0.1, 0.15) is 5.75 Å². The van der Waals surface area contributed by atoms with Gasteiger partial charge in [-0.2, -0.15) is 0 Å². The largest absolute Gasteiger partial charge is 0.497 e. The first-order valence-corrected chi connectivity index (χ1v) is 7.15. The van der Waals surface area contributed by atoms with E-state index in [1.54, 1.807) is 7.11 Å². The number of nitrogens with zero attached hydrogens (tertiary/aromatic N) is 1. The Hall–Kier alpha value is -1.10. The van der Waals surface area contributed by atoms with Crippen molar-refractivity contribution >= 4 is 0 Å². The minimum Gasteiger partial charge on any atom is -0.497 e. The lowest BCUT2D eigenvalue weighted by atomic mass is 9.70. The number of aliphatic hydroxyl groups excluding tert-OH is 1. The van der Waals surface area contributed by atoms with Gasteiger partial charge in [0.15, 0.2) is 0 Å². The van der Waals surface area contributed by atoms with Crippen LogP contribution in [0.2, 0.25) is 0 Å². The highest BCUT2D eigenvalue weighted by molar-refractivity contribution is 5.33. The fourth-order valence-electron chi connectivity index (χ4n) is 3.19. The number of aliphatic hydroxyl groups is 2. The summed E-state index contributed by atoms with van der Waals surface area (Å²) in [7, 11) is 5.64. The van der Waals surface area contributed by atoms with Crippen molar-refractivity contribution in [1.82, 2.24) is 4.90 Å². The zero-order valence-corrected chi connectivity index (χ0v) is 12.5. The molecule has 0 aromatic heterocycles. The molecule has 2 N–H and O–H groups in total. The number of hydrogen-bond acceptors (Lipinski definition) is 4. The molecule has 0 amide bonds. The van der Waals surface area contributed by atoms with Gasteiger partial charge in [0.2, 0.25) is 0 Å². The van der Waals surface area contributed by atoms with E-state index in [1.165, 1.54) is 0 Å². The fourth-order valence-corrected chi connectivity index (χ4v) is 3.19. The van der Waals surface area contributed by atoms with Gasteiger partial charge in [0.05, 0.1) is 18.8 Å². The Labute approximate surface area is 121 Å². The molecule has 3 atom stereocenters. The van der Waals surface area contributed by atoms with E-state index in [2.05, 4.69) is 4.90 Å². The minimum atomic E-state index is -0.990. The van der Waals surface area contributed by atoms with Crippen LogP contribution in [0.1, 0.15) is 24.8 Å².